The van der Waals surface area contributed by atoms with E-state index in [1.54, 1.807) is 6.07 Å². The Morgan fingerprint density at radius 3 is 3.11 bits per heavy atom. The average molecular weight is 283 g/mol. The molecule has 1 aliphatic heterocycles. The molecule has 0 amide bonds. The quantitative estimate of drug-likeness (QED) is 0.918. The van der Waals surface area contributed by atoms with Crippen molar-refractivity contribution in [3.05, 3.63) is 33.7 Å². The van der Waals surface area contributed by atoms with Gasteiger partial charge in [0.2, 0.25) is 0 Å². The maximum atomic E-state index is 12.0. The Morgan fingerprint density at radius 2 is 2.33 bits per heavy atom. The number of hydrogen-bond acceptors (Lipinski definition) is 2. The number of imidazole rings is 1. The van der Waals surface area contributed by atoms with Crippen molar-refractivity contribution in [2.45, 2.75) is 31.1 Å². The van der Waals surface area contributed by atoms with Crippen molar-refractivity contribution >= 4 is 34.4 Å². The fraction of sp³-hybridized carbons (Fsp3) is 0.462. The number of aromatic nitrogens is 2. The van der Waals surface area contributed by atoms with E-state index >= 15 is 0 Å². The molecule has 0 aliphatic carbocycles. The molecule has 18 heavy (non-hydrogen) atoms. The van der Waals surface area contributed by atoms with E-state index in [9.17, 15) is 4.79 Å². The Morgan fingerprint density at radius 1 is 1.44 bits per heavy atom. The lowest BCUT2D eigenvalue weighted by Gasteiger charge is -2.21. The highest BCUT2D eigenvalue weighted by Crippen LogP contribution is 2.27. The van der Waals surface area contributed by atoms with E-state index in [-0.39, 0.29) is 5.69 Å². The molecule has 1 fully saturated rings. The van der Waals surface area contributed by atoms with E-state index in [2.05, 4.69) is 4.98 Å². The van der Waals surface area contributed by atoms with Gasteiger partial charge in [0.15, 0.2) is 0 Å². The summed E-state index contributed by atoms with van der Waals surface area (Å²) in [6.45, 7) is 0.782. The molecule has 1 saturated heterocycles. The van der Waals surface area contributed by atoms with Gasteiger partial charge in [-0.3, -0.25) is 4.57 Å². The molecule has 5 heteroatoms. The highest BCUT2D eigenvalue weighted by molar-refractivity contribution is 7.99. The molecule has 0 radical (unpaired) electrons. The highest BCUT2D eigenvalue weighted by atomic mass is 35.5. The normalized spacial score (nSPS) is 20.4. The first-order chi connectivity index (χ1) is 8.74. The molecule has 1 N–H and O–H groups in total. The van der Waals surface area contributed by atoms with E-state index < -0.39 is 0 Å². The molecular weight excluding hydrogens is 268 g/mol. The zero-order valence-corrected chi connectivity index (χ0v) is 11.6. The lowest BCUT2D eigenvalue weighted by atomic mass is 10.2. The lowest BCUT2D eigenvalue weighted by Crippen LogP contribution is -2.24. The van der Waals surface area contributed by atoms with Gasteiger partial charge >= 0.3 is 5.69 Å². The SMILES string of the molecule is O=c1[nH]c2ccc(Cl)cc2n1CC1CCCCS1. The number of benzene rings is 1. The van der Waals surface area contributed by atoms with Crippen LogP contribution in [0.1, 0.15) is 19.3 Å². The summed E-state index contributed by atoms with van der Waals surface area (Å²) in [7, 11) is 0. The Hall–Kier alpha value is -0.870. The lowest BCUT2D eigenvalue weighted by molar-refractivity contribution is 0.582. The average Bonchev–Trinajstić information content (AvgIpc) is 2.67. The maximum absolute atomic E-state index is 12.0. The van der Waals surface area contributed by atoms with Gasteiger partial charge in [0.25, 0.3) is 0 Å². The van der Waals surface area contributed by atoms with Crippen LogP contribution in [0.5, 0.6) is 0 Å². The van der Waals surface area contributed by atoms with Gasteiger partial charge in [-0.2, -0.15) is 11.8 Å². The van der Waals surface area contributed by atoms with Crippen LogP contribution in [-0.2, 0) is 6.54 Å². The van der Waals surface area contributed by atoms with E-state index in [1.807, 2.05) is 28.5 Å². The van der Waals surface area contributed by atoms with Gasteiger partial charge in [0.1, 0.15) is 0 Å². The molecular formula is C13H15ClN2OS. The molecule has 1 aromatic heterocycles. The summed E-state index contributed by atoms with van der Waals surface area (Å²) in [4.78, 5) is 14.9. The molecule has 1 aromatic carbocycles. The topological polar surface area (TPSA) is 37.8 Å². The Balaban J connectivity index is 1.97. The van der Waals surface area contributed by atoms with Crippen molar-refractivity contribution in [3.8, 4) is 0 Å². The molecule has 3 nitrogen and oxygen atoms in total. The minimum atomic E-state index is -0.0292. The Bertz CT molecular complexity index is 613. The predicted molar refractivity (Wildman–Crippen MR) is 77.7 cm³/mol. The zero-order valence-electron chi connectivity index (χ0n) is 9.99. The summed E-state index contributed by atoms with van der Waals surface area (Å²) in [5.74, 6) is 1.21. The first kappa shape index (κ1) is 12.2. The van der Waals surface area contributed by atoms with E-state index in [4.69, 9.17) is 11.6 Å². The molecule has 1 aliphatic rings. The summed E-state index contributed by atoms with van der Waals surface area (Å²) in [6, 6.07) is 5.53. The van der Waals surface area contributed by atoms with Crippen LogP contribution >= 0.6 is 23.4 Å². The summed E-state index contributed by atoms with van der Waals surface area (Å²) >= 11 is 7.98. The van der Waals surface area contributed by atoms with Crippen LogP contribution in [0.3, 0.4) is 0 Å². The van der Waals surface area contributed by atoms with Crippen LogP contribution in [0.15, 0.2) is 23.0 Å². The molecule has 2 heterocycles. The van der Waals surface area contributed by atoms with E-state index in [1.165, 1.54) is 25.0 Å². The minimum Gasteiger partial charge on any atom is -0.306 e. The number of hydrogen-bond donors (Lipinski definition) is 1. The molecule has 0 bridgehead atoms. The smallest absolute Gasteiger partial charge is 0.306 e. The van der Waals surface area contributed by atoms with Gasteiger partial charge in [-0.1, -0.05) is 18.0 Å². The summed E-state index contributed by atoms with van der Waals surface area (Å²) in [5, 5.41) is 1.22. The molecule has 96 valence electrons. The number of nitrogens with zero attached hydrogens (tertiary/aromatic N) is 1. The van der Waals surface area contributed by atoms with Gasteiger partial charge in [-0.05, 0) is 36.8 Å². The van der Waals surface area contributed by atoms with Crippen LogP contribution in [0.4, 0.5) is 0 Å². The second-order valence-electron chi connectivity index (χ2n) is 4.69. The van der Waals surface area contributed by atoms with Gasteiger partial charge < -0.3 is 4.98 Å². The van der Waals surface area contributed by atoms with Crippen molar-refractivity contribution in [1.82, 2.24) is 9.55 Å². The maximum Gasteiger partial charge on any atom is 0.326 e. The van der Waals surface area contributed by atoms with Crippen LogP contribution in [0.2, 0.25) is 5.02 Å². The summed E-state index contributed by atoms with van der Waals surface area (Å²) < 4.78 is 1.82. The molecule has 2 aromatic rings. The first-order valence-electron chi connectivity index (χ1n) is 6.24. The van der Waals surface area contributed by atoms with E-state index in [0.717, 1.165) is 17.6 Å². The molecule has 1 atom stereocenters. The van der Waals surface area contributed by atoms with Gasteiger partial charge in [0.05, 0.1) is 11.0 Å². The molecule has 0 spiro atoms. The number of aromatic amines is 1. The Kier molecular flexibility index (Phi) is 3.39. The number of fused-ring (bicyclic) bond motifs is 1. The number of thioether (sulfide) groups is 1. The number of halogens is 1. The summed E-state index contributed by atoms with van der Waals surface area (Å²) in [6.07, 6.45) is 3.77. The largest absolute Gasteiger partial charge is 0.326 e. The fourth-order valence-corrected chi connectivity index (χ4v) is 3.92. The zero-order chi connectivity index (χ0) is 12.5. The van der Waals surface area contributed by atoms with Gasteiger partial charge in [-0.25, -0.2) is 4.79 Å². The van der Waals surface area contributed by atoms with E-state index in [0.29, 0.717) is 10.3 Å². The van der Waals surface area contributed by atoms with Crippen LogP contribution in [0, 0.1) is 0 Å². The molecule has 3 rings (SSSR count). The predicted octanol–water partition coefficient (Wildman–Crippen LogP) is 3.27. The molecule has 1 unspecified atom stereocenters. The number of H-pyrrole nitrogens is 1. The van der Waals surface area contributed by atoms with Crippen LogP contribution in [0.25, 0.3) is 11.0 Å². The third-order valence-electron chi connectivity index (χ3n) is 3.40. The third-order valence-corrected chi connectivity index (χ3v) is 5.01. The van der Waals surface area contributed by atoms with Crippen LogP contribution < -0.4 is 5.69 Å². The Labute approximate surface area is 115 Å². The third kappa shape index (κ3) is 2.31. The van der Waals surface area contributed by atoms with Gasteiger partial charge in [0, 0.05) is 16.8 Å². The second-order valence-corrected chi connectivity index (χ2v) is 6.54. The first-order valence-corrected chi connectivity index (χ1v) is 7.66. The van der Waals surface area contributed by atoms with Crippen molar-refractivity contribution in [1.29, 1.82) is 0 Å². The standard InChI is InChI=1S/C13H15ClN2OS/c14-9-4-5-11-12(7-9)16(13(17)15-11)8-10-3-1-2-6-18-10/h4-5,7,10H,1-3,6,8H2,(H,15,17). The second kappa shape index (κ2) is 5.02. The molecule has 0 saturated carbocycles. The van der Waals surface area contributed by atoms with Crippen molar-refractivity contribution in [2.24, 2.45) is 0 Å². The van der Waals surface area contributed by atoms with Crippen molar-refractivity contribution in [3.63, 3.8) is 0 Å². The number of nitrogens with one attached hydrogen (secondary N) is 1. The fourth-order valence-electron chi connectivity index (χ4n) is 2.46. The van der Waals surface area contributed by atoms with Crippen molar-refractivity contribution < 1.29 is 0 Å². The monoisotopic (exact) mass is 282 g/mol. The highest BCUT2D eigenvalue weighted by Gasteiger charge is 2.17. The van der Waals surface area contributed by atoms with Crippen LogP contribution in [-0.4, -0.2) is 20.6 Å². The van der Waals surface area contributed by atoms with Gasteiger partial charge in [-0.15, -0.1) is 0 Å². The minimum absolute atomic E-state index is 0.0292. The summed E-state index contributed by atoms with van der Waals surface area (Å²) in [5.41, 5.74) is 1.75. The van der Waals surface area contributed by atoms with Crippen molar-refractivity contribution in [2.75, 3.05) is 5.75 Å². The number of rotatable bonds is 2.